The SMILES string of the molecule is CCCc1ccccc1N1C(=O)CSC1=NC(=S)NC1CC1c1ccc(-c2ncn(-c3ccc(OC(F)(F)F)cc3)n2)cc1. The Bertz CT molecular complexity index is 1710. The van der Waals surface area contributed by atoms with Gasteiger partial charge >= 0.3 is 6.36 Å². The van der Waals surface area contributed by atoms with Crippen molar-refractivity contribution < 1.29 is 22.7 Å². The number of hydrogen-bond donors (Lipinski definition) is 1. The third kappa shape index (κ3) is 6.78. The van der Waals surface area contributed by atoms with Gasteiger partial charge in [0.1, 0.15) is 12.1 Å². The van der Waals surface area contributed by atoms with E-state index in [9.17, 15) is 18.0 Å². The number of thiocarbonyl (C=S) groups is 1. The number of benzene rings is 3. The van der Waals surface area contributed by atoms with Gasteiger partial charge in [0.15, 0.2) is 16.1 Å². The molecule has 13 heteroatoms. The van der Waals surface area contributed by atoms with Crippen LogP contribution in [-0.2, 0) is 11.2 Å². The molecule has 3 aromatic carbocycles. The van der Waals surface area contributed by atoms with E-state index >= 15 is 0 Å². The lowest BCUT2D eigenvalue weighted by Crippen LogP contribution is -2.32. The molecule has 0 bridgehead atoms. The standard InChI is InChI=1S/C31H27F3N6O2S2/c1-2-5-20-6-3-4-7-26(20)40-27(41)17-44-30(40)37-29(43)36-25-16-24(25)19-8-10-21(11-9-19)28-35-18-39(38-28)22-12-14-23(15-13-22)42-31(32,33)34/h3-4,6-15,18,24-25H,2,5,16-17H2,1H3,(H,36,43). The molecule has 8 nitrogen and oxygen atoms in total. The summed E-state index contributed by atoms with van der Waals surface area (Å²) >= 11 is 6.96. The van der Waals surface area contributed by atoms with Gasteiger partial charge in [0.25, 0.3) is 0 Å². The minimum absolute atomic E-state index is 0.00254. The third-order valence-corrected chi connectivity index (χ3v) is 8.37. The van der Waals surface area contributed by atoms with Crippen molar-refractivity contribution in [2.24, 2.45) is 4.99 Å². The largest absolute Gasteiger partial charge is 0.573 e. The fraction of sp³-hybridized carbons (Fsp3) is 0.258. The molecule has 2 atom stereocenters. The van der Waals surface area contributed by atoms with Crippen LogP contribution in [0.1, 0.15) is 36.8 Å². The van der Waals surface area contributed by atoms with Gasteiger partial charge in [-0.1, -0.05) is 67.6 Å². The van der Waals surface area contributed by atoms with E-state index in [0.717, 1.165) is 41.6 Å². The molecular formula is C31H27F3N6O2S2. The Balaban J connectivity index is 1.07. The Morgan fingerprint density at radius 3 is 2.59 bits per heavy atom. The Morgan fingerprint density at radius 1 is 1.11 bits per heavy atom. The van der Waals surface area contributed by atoms with Crippen molar-refractivity contribution in [3.05, 3.63) is 90.3 Å². The molecule has 1 saturated heterocycles. The molecule has 226 valence electrons. The number of nitrogens with one attached hydrogen (secondary N) is 1. The number of amides is 1. The van der Waals surface area contributed by atoms with Crippen LogP contribution in [0, 0.1) is 0 Å². The van der Waals surface area contributed by atoms with E-state index in [1.54, 1.807) is 4.90 Å². The number of alkyl halides is 3. The van der Waals surface area contributed by atoms with Crippen molar-refractivity contribution in [2.45, 2.75) is 44.5 Å². The van der Waals surface area contributed by atoms with Crippen LogP contribution in [0.25, 0.3) is 17.1 Å². The summed E-state index contributed by atoms with van der Waals surface area (Å²) in [5.74, 6) is 0.780. The Labute approximate surface area is 261 Å². The van der Waals surface area contributed by atoms with E-state index < -0.39 is 6.36 Å². The second-order valence-corrected chi connectivity index (χ2v) is 11.7. The normalized spacial score (nSPS) is 19.0. The molecule has 1 aliphatic carbocycles. The highest BCUT2D eigenvalue weighted by Crippen LogP contribution is 2.41. The molecular weight excluding hydrogens is 610 g/mol. The molecule has 0 spiro atoms. The van der Waals surface area contributed by atoms with Gasteiger partial charge in [0.05, 0.1) is 17.1 Å². The number of aromatic nitrogens is 3. The third-order valence-electron chi connectivity index (χ3n) is 7.24. The summed E-state index contributed by atoms with van der Waals surface area (Å²) in [5.41, 5.74) is 4.47. The fourth-order valence-corrected chi connectivity index (χ4v) is 6.25. The van der Waals surface area contributed by atoms with E-state index in [0.29, 0.717) is 27.5 Å². The number of rotatable bonds is 8. The zero-order valence-corrected chi connectivity index (χ0v) is 25.1. The minimum atomic E-state index is -4.75. The molecule has 2 heterocycles. The van der Waals surface area contributed by atoms with E-state index in [2.05, 4.69) is 32.1 Å². The van der Waals surface area contributed by atoms with Crippen molar-refractivity contribution in [3.8, 4) is 22.8 Å². The summed E-state index contributed by atoms with van der Waals surface area (Å²) in [6.07, 6.45) is -0.486. The van der Waals surface area contributed by atoms with Gasteiger partial charge in [-0.15, -0.1) is 18.3 Å². The maximum absolute atomic E-state index is 12.8. The predicted molar refractivity (Wildman–Crippen MR) is 168 cm³/mol. The number of aryl methyl sites for hydroxylation is 1. The average Bonchev–Trinajstić information content (AvgIpc) is 3.40. The number of ether oxygens (including phenoxy) is 1. The van der Waals surface area contributed by atoms with Crippen LogP contribution in [0.3, 0.4) is 0 Å². The number of carbonyl (C=O) groups is 1. The van der Waals surface area contributed by atoms with Crippen molar-refractivity contribution in [1.82, 2.24) is 20.1 Å². The maximum Gasteiger partial charge on any atom is 0.573 e. The van der Waals surface area contributed by atoms with Crippen LogP contribution in [0.5, 0.6) is 5.75 Å². The molecule has 2 unspecified atom stereocenters. The summed E-state index contributed by atoms with van der Waals surface area (Å²) in [5, 5.41) is 8.75. The van der Waals surface area contributed by atoms with Crippen LogP contribution in [0.15, 0.2) is 84.1 Å². The zero-order valence-electron chi connectivity index (χ0n) is 23.5. The number of carbonyl (C=O) groups excluding carboxylic acids is 1. The molecule has 2 fully saturated rings. The van der Waals surface area contributed by atoms with Gasteiger partial charge in [-0.25, -0.2) is 9.67 Å². The smallest absolute Gasteiger partial charge is 0.406 e. The minimum Gasteiger partial charge on any atom is -0.406 e. The Morgan fingerprint density at radius 2 is 1.86 bits per heavy atom. The number of hydrogen-bond acceptors (Lipinski definition) is 6. The summed E-state index contributed by atoms with van der Waals surface area (Å²) in [6.45, 7) is 2.11. The molecule has 6 rings (SSSR count). The van der Waals surface area contributed by atoms with E-state index in [4.69, 9.17) is 12.2 Å². The highest BCUT2D eigenvalue weighted by atomic mass is 32.2. The number of nitrogens with zero attached hydrogens (tertiary/aromatic N) is 5. The van der Waals surface area contributed by atoms with Crippen LogP contribution in [0.2, 0.25) is 0 Å². The molecule has 2 aliphatic rings. The van der Waals surface area contributed by atoms with Gasteiger partial charge in [0.2, 0.25) is 5.91 Å². The van der Waals surface area contributed by atoms with Gasteiger partial charge in [0, 0.05) is 17.5 Å². The Hall–Kier alpha value is -4.23. The lowest BCUT2D eigenvalue weighted by molar-refractivity contribution is -0.274. The van der Waals surface area contributed by atoms with E-state index in [1.165, 1.54) is 47.0 Å². The number of aliphatic imine (C=N–C) groups is 1. The van der Waals surface area contributed by atoms with E-state index in [-0.39, 0.29) is 23.6 Å². The zero-order chi connectivity index (χ0) is 30.8. The highest BCUT2D eigenvalue weighted by Gasteiger charge is 2.39. The molecule has 1 saturated carbocycles. The van der Waals surface area contributed by atoms with Crippen molar-refractivity contribution >= 4 is 45.9 Å². The number of anilines is 1. The van der Waals surface area contributed by atoms with Gasteiger partial charge < -0.3 is 10.1 Å². The van der Waals surface area contributed by atoms with Gasteiger partial charge in [-0.05, 0) is 66.5 Å². The number of thioether (sulfide) groups is 1. The Kier molecular flexibility index (Phi) is 8.41. The highest BCUT2D eigenvalue weighted by molar-refractivity contribution is 8.15. The first-order valence-electron chi connectivity index (χ1n) is 14.0. The van der Waals surface area contributed by atoms with Crippen molar-refractivity contribution in [2.75, 3.05) is 10.7 Å². The second-order valence-electron chi connectivity index (χ2n) is 10.4. The fourth-order valence-electron chi connectivity index (χ4n) is 5.09. The van der Waals surface area contributed by atoms with Crippen LogP contribution in [0.4, 0.5) is 18.9 Å². The molecule has 1 aromatic heterocycles. The first-order valence-corrected chi connectivity index (χ1v) is 15.4. The summed E-state index contributed by atoms with van der Waals surface area (Å²) in [7, 11) is 0. The second kappa shape index (κ2) is 12.4. The summed E-state index contributed by atoms with van der Waals surface area (Å²) in [4.78, 5) is 23.4. The van der Waals surface area contributed by atoms with Gasteiger partial charge in [-0.2, -0.15) is 4.99 Å². The van der Waals surface area contributed by atoms with Gasteiger partial charge in [-0.3, -0.25) is 9.69 Å². The molecule has 4 aromatic rings. The molecule has 1 amide bonds. The number of para-hydroxylation sites is 1. The molecule has 0 radical (unpaired) electrons. The number of amidine groups is 1. The first-order chi connectivity index (χ1) is 21.2. The lowest BCUT2D eigenvalue weighted by atomic mass is 10.1. The molecule has 44 heavy (non-hydrogen) atoms. The molecule has 1 aliphatic heterocycles. The van der Waals surface area contributed by atoms with Crippen LogP contribution in [-0.4, -0.2) is 49.1 Å². The summed E-state index contributed by atoms with van der Waals surface area (Å²) < 4.78 is 42.7. The topological polar surface area (TPSA) is 84.6 Å². The lowest BCUT2D eigenvalue weighted by Gasteiger charge is -2.20. The quantitative estimate of drug-likeness (QED) is 0.217. The first kappa shape index (κ1) is 29.8. The van der Waals surface area contributed by atoms with Crippen molar-refractivity contribution in [3.63, 3.8) is 0 Å². The van der Waals surface area contributed by atoms with Crippen LogP contribution >= 0.6 is 24.0 Å². The monoisotopic (exact) mass is 636 g/mol. The summed E-state index contributed by atoms with van der Waals surface area (Å²) in [6, 6.07) is 21.4. The predicted octanol–water partition coefficient (Wildman–Crippen LogP) is 6.65. The maximum atomic E-state index is 12.8. The molecule has 1 N–H and O–H groups in total. The van der Waals surface area contributed by atoms with Crippen molar-refractivity contribution in [1.29, 1.82) is 0 Å². The van der Waals surface area contributed by atoms with Crippen LogP contribution < -0.4 is 15.0 Å². The number of halogens is 3. The average molecular weight is 637 g/mol. The van der Waals surface area contributed by atoms with E-state index in [1.807, 2.05) is 48.5 Å².